The van der Waals surface area contributed by atoms with Crippen LogP contribution in [0.5, 0.6) is 0 Å². The van der Waals surface area contributed by atoms with E-state index in [4.69, 9.17) is 0 Å². The molecule has 1 aromatic carbocycles. The molecule has 2 unspecified atom stereocenters. The van der Waals surface area contributed by atoms with E-state index in [-0.39, 0.29) is 6.04 Å². The topological polar surface area (TPSA) is 66.4 Å². The van der Waals surface area contributed by atoms with Crippen molar-refractivity contribution in [2.24, 2.45) is 0 Å². The second-order valence-electron chi connectivity index (χ2n) is 4.88. The monoisotopic (exact) mass is 271 g/mol. The van der Waals surface area contributed by atoms with E-state index in [1.54, 1.807) is 32.9 Å². The summed E-state index contributed by atoms with van der Waals surface area (Å²) in [5.74, 6) is 0. The van der Waals surface area contributed by atoms with Crippen molar-refractivity contribution in [3.05, 3.63) is 29.3 Å². The summed E-state index contributed by atoms with van der Waals surface area (Å²) >= 11 is 0. The van der Waals surface area contributed by atoms with Crippen molar-refractivity contribution in [1.82, 2.24) is 4.72 Å². The van der Waals surface area contributed by atoms with Gasteiger partial charge in [0.25, 0.3) is 0 Å². The molecule has 0 saturated carbocycles. The van der Waals surface area contributed by atoms with Crippen molar-refractivity contribution >= 4 is 10.0 Å². The van der Waals surface area contributed by atoms with Gasteiger partial charge in [-0.05, 0) is 45.7 Å². The number of hydrogen-bond donors (Lipinski definition) is 2. The first-order valence-corrected chi connectivity index (χ1v) is 7.48. The first kappa shape index (κ1) is 15.1. The van der Waals surface area contributed by atoms with E-state index in [1.165, 1.54) is 0 Å². The number of benzene rings is 1. The van der Waals surface area contributed by atoms with Gasteiger partial charge in [0, 0.05) is 6.04 Å². The molecule has 0 aliphatic carbocycles. The second-order valence-corrected chi connectivity index (χ2v) is 6.56. The Labute approximate surface area is 109 Å². The predicted octanol–water partition coefficient (Wildman–Crippen LogP) is 1.74. The van der Waals surface area contributed by atoms with Crippen LogP contribution in [0.1, 0.15) is 31.4 Å². The van der Waals surface area contributed by atoms with Crippen molar-refractivity contribution in [2.75, 3.05) is 0 Å². The molecule has 0 aromatic heterocycles. The minimum Gasteiger partial charge on any atom is -0.393 e. The molecule has 0 radical (unpaired) electrons. The first-order valence-electron chi connectivity index (χ1n) is 6.00. The Morgan fingerprint density at radius 3 is 2.39 bits per heavy atom. The highest BCUT2D eigenvalue weighted by Gasteiger charge is 2.20. The molecule has 1 aromatic rings. The van der Waals surface area contributed by atoms with Gasteiger partial charge < -0.3 is 5.11 Å². The molecule has 4 nitrogen and oxygen atoms in total. The van der Waals surface area contributed by atoms with E-state index in [0.29, 0.717) is 11.3 Å². The van der Waals surface area contributed by atoms with Gasteiger partial charge in [-0.2, -0.15) is 0 Å². The second kappa shape index (κ2) is 5.82. The van der Waals surface area contributed by atoms with Crippen molar-refractivity contribution in [3.8, 4) is 0 Å². The molecule has 0 saturated heterocycles. The van der Waals surface area contributed by atoms with E-state index in [2.05, 4.69) is 4.72 Å². The molecule has 0 bridgehead atoms. The van der Waals surface area contributed by atoms with Crippen LogP contribution in [0.15, 0.2) is 23.1 Å². The van der Waals surface area contributed by atoms with Crippen molar-refractivity contribution in [1.29, 1.82) is 0 Å². The number of aryl methyl sites for hydroxylation is 2. The van der Waals surface area contributed by atoms with Crippen LogP contribution in [-0.4, -0.2) is 25.7 Å². The Bertz CT molecular complexity index is 509. The summed E-state index contributed by atoms with van der Waals surface area (Å²) in [6.45, 7) is 7.09. The van der Waals surface area contributed by atoms with Crippen LogP contribution in [0.4, 0.5) is 0 Å². The molecular formula is C13H21NO3S. The molecule has 5 heteroatoms. The largest absolute Gasteiger partial charge is 0.393 e. The van der Waals surface area contributed by atoms with E-state index in [9.17, 15) is 13.5 Å². The summed E-state index contributed by atoms with van der Waals surface area (Å²) in [5, 5.41) is 9.25. The Morgan fingerprint density at radius 2 is 1.89 bits per heavy atom. The number of nitrogens with one attached hydrogen (secondary N) is 1. The molecule has 1 rings (SSSR count). The van der Waals surface area contributed by atoms with E-state index in [1.807, 2.05) is 13.0 Å². The highest BCUT2D eigenvalue weighted by molar-refractivity contribution is 7.89. The quantitative estimate of drug-likeness (QED) is 0.857. The van der Waals surface area contributed by atoms with Crippen LogP contribution in [0.25, 0.3) is 0 Å². The van der Waals surface area contributed by atoms with Crippen molar-refractivity contribution < 1.29 is 13.5 Å². The van der Waals surface area contributed by atoms with Gasteiger partial charge in [0.15, 0.2) is 0 Å². The maximum absolute atomic E-state index is 12.2. The van der Waals surface area contributed by atoms with Gasteiger partial charge in [0.1, 0.15) is 0 Å². The van der Waals surface area contributed by atoms with Gasteiger partial charge in [0.05, 0.1) is 11.0 Å². The summed E-state index contributed by atoms with van der Waals surface area (Å²) in [6.07, 6.45) is -0.133. The Morgan fingerprint density at radius 1 is 1.28 bits per heavy atom. The first-order chi connectivity index (χ1) is 8.22. The molecule has 2 atom stereocenters. The van der Waals surface area contributed by atoms with Crippen molar-refractivity contribution in [2.45, 2.75) is 51.2 Å². The highest BCUT2D eigenvalue weighted by Crippen LogP contribution is 2.17. The Hall–Kier alpha value is -0.910. The SMILES string of the molecule is Cc1ccc(S(=O)(=O)NC(C)CC(C)O)c(C)c1. The van der Waals surface area contributed by atoms with Crippen LogP contribution in [0, 0.1) is 13.8 Å². The molecule has 0 heterocycles. The lowest BCUT2D eigenvalue weighted by molar-refractivity contribution is 0.175. The van der Waals surface area contributed by atoms with E-state index < -0.39 is 16.1 Å². The third kappa shape index (κ3) is 4.08. The maximum Gasteiger partial charge on any atom is 0.241 e. The summed E-state index contributed by atoms with van der Waals surface area (Å²) in [6, 6.07) is 4.94. The van der Waals surface area contributed by atoms with Gasteiger partial charge in [-0.1, -0.05) is 17.7 Å². The van der Waals surface area contributed by atoms with Crippen LogP contribution in [0.3, 0.4) is 0 Å². The summed E-state index contributed by atoms with van der Waals surface area (Å²) < 4.78 is 26.9. The summed E-state index contributed by atoms with van der Waals surface area (Å²) in [5.41, 5.74) is 1.76. The van der Waals surface area contributed by atoms with E-state index >= 15 is 0 Å². The number of aliphatic hydroxyl groups excluding tert-OH is 1. The van der Waals surface area contributed by atoms with Crippen LogP contribution in [0.2, 0.25) is 0 Å². The molecule has 18 heavy (non-hydrogen) atoms. The minimum atomic E-state index is -3.51. The highest BCUT2D eigenvalue weighted by atomic mass is 32.2. The van der Waals surface area contributed by atoms with Gasteiger partial charge in [-0.3, -0.25) is 0 Å². The number of rotatable bonds is 5. The summed E-state index contributed by atoms with van der Waals surface area (Å²) in [7, 11) is -3.51. The van der Waals surface area contributed by atoms with Crippen LogP contribution in [-0.2, 0) is 10.0 Å². The van der Waals surface area contributed by atoms with Gasteiger partial charge in [0.2, 0.25) is 10.0 Å². The van der Waals surface area contributed by atoms with Gasteiger partial charge in [-0.15, -0.1) is 0 Å². The number of hydrogen-bond acceptors (Lipinski definition) is 3. The molecule has 0 spiro atoms. The number of sulfonamides is 1. The molecule has 0 aliphatic heterocycles. The lowest BCUT2D eigenvalue weighted by Crippen LogP contribution is -2.35. The fraction of sp³-hybridized carbons (Fsp3) is 0.538. The lowest BCUT2D eigenvalue weighted by Gasteiger charge is -2.16. The normalized spacial score (nSPS) is 15.4. The smallest absolute Gasteiger partial charge is 0.241 e. The predicted molar refractivity (Wildman–Crippen MR) is 72.0 cm³/mol. The zero-order chi connectivity index (χ0) is 13.9. The molecule has 0 amide bonds. The molecule has 2 N–H and O–H groups in total. The Kier molecular flexibility index (Phi) is 4.90. The zero-order valence-electron chi connectivity index (χ0n) is 11.3. The standard InChI is InChI=1S/C13H21NO3S/c1-9-5-6-13(10(2)7-9)18(16,17)14-11(3)8-12(4)15/h5-7,11-12,14-15H,8H2,1-4H3. The third-order valence-electron chi connectivity index (χ3n) is 2.67. The van der Waals surface area contributed by atoms with Crippen LogP contribution >= 0.6 is 0 Å². The molecule has 0 aliphatic rings. The summed E-state index contributed by atoms with van der Waals surface area (Å²) in [4.78, 5) is 0.297. The van der Waals surface area contributed by atoms with Gasteiger partial charge in [-0.25, -0.2) is 13.1 Å². The molecule has 102 valence electrons. The number of aliphatic hydroxyl groups is 1. The Balaban J connectivity index is 2.93. The lowest BCUT2D eigenvalue weighted by atomic mass is 10.2. The minimum absolute atomic E-state index is 0.296. The molecular weight excluding hydrogens is 250 g/mol. The average Bonchev–Trinajstić information content (AvgIpc) is 2.13. The maximum atomic E-state index is 12.2. The van der Waals surface area contributed by atoms with E-state index in [0.717, 1.165) is 11.1 Å². The van der Waals surface area contributed by atoms with Gasteiger partial charge >= 0.3 is 0 Å². The molecule has 0 fully saturated rings. The zero-order valence-corrected chi connectivity index (χ0v) is 12.1. The average molecular weight is 271 g/mol. The fourth-order valence-corrected chi connectivity index (χ4v) is 3.47. The van der Waals surface area contributed by atoms with Crippen molar-refractivity contribution in [3.63, 3.8) is 0 Å². The third-order valence-corrected chi connectivity index (χ3v) is 4.42. The van der Waals surface area contributed by atoms with Crippen LogP contribution < -0.4 is 4.72 Å². The fourth-order valence-electron chi connectivity index (χ4n) is 1.99.